The minimum absolute atomic E-state index is 0.0339. The first-order chi connectivity index (χ1) is 13.1. The van der Waals surface area contributed by atoms with E-state index in [2.05, 4.69) is 10.3 Å². The van der Waals surface area contributed by atoms with Crippen molar-refractivity contribution in [2.45, 2.75) is 6.73 Å². The summed E-state index contributed by atoms with van der Waals surface area (Å²) >= 11 is 1.44. The average Bonchev–Trinajstić information content (AvgIpc) is 3.22. The molecule has 0 bridgehead atoms. The van der Waals surface area contributed by atoms with Gasteiger partial charge in [0.1, 0.15) is 11.3 Å². The number of hydrogen-bond acceptors (Lipinski definition) is 7. The van der Waals surface area contributed by atoms with Gasteiger partial charge in [-0.05, 0) is 29.6 Å². The van der Waals surface area contributed by atoms with Crippen LogP contribution in [-0.4, -0.2) is 19.9 Å². The molecule has 0 saturated heterocycles. The number of nitrogens with zero attached hydrogens (tertiary/aromatic N) is 4. The van der Waals surface area contributed by atoms with Gasteiger partial charge in [0.15, 0.2) is 6.73 Å². The summed E-state index contributed by atoms with van der Waals surface area (Å²) in [5.41, 5.74) is 0.739. The second kappa shape index (κ2) is 6.96. The van der Waals surface area contributed by atoms with Gasteiger partial charge in [0.25, 0.3) is 11.2 Å². The fourth-order valence-electron chi connectivity index (χ4n) is 2.62. The summed E-state index contributed by atoms with van der Waals surface area (Å²) in [5.74, 6) is 0.421. The average molecular weight is 380 g/mol. The Morgan fingerprint density at radius 2 is 2.00 bits per heavy atom. The number of benzene rings is 2. The van der Waals surface area contributed by atoms with Gasteiger partial charge < -0.3 is 4.74 Å². The zero-order chi connectivity index (χ0) is 18.8. The Bertz CT molecular complexity index is 1190. The van der Waals surface area contributed by atoms with Crippen molar-refractivity contribution in [1.29, 1.82) is 0 Å². The number of non-ortho nitro benzene ring substituents is 1. The van der Waals surface area contributed by atoms with Crippen LogP contribution in [0, 0.1) is 10.1 Å². The van der Waals surface area contributed by atoms with Crippen LogP contribution in [0.1, 0.15) is 0 Å². The van der Waals surface area contributed by atoms with Gasteiger partial charge in [-0.1, -0.05) is 23.4 Å². The van der Waals surface area contributed by atoms with Crippen molar-refractivity contribution in [2.24, 2.45) is 0 Å². The minimum Gasteiger partial charge on any atom is -0.470 e. The SMILES string of the molecule is O=c1c2ccccc2nnn1COc1ccc([N+](=O)[O-])cc1-c1cccs1. The van der Waals surface area contributed by atoms with Gasteiger partial charge in [0.2, 0.25) is 0 Å². The van der Waals surface area contributed by atoms with Crippen LogP contribution in [0.25, 0.3) is 21.3 Å². The fraction of sp³-hybridized carbons (Fsp3) is 0.0556. The largest absolute Gasteiger partial charge is 0.470 e. The van der Waals surface area contributed by atoms with Crippen LogP contribution in [0.3, 0.4) is 0 Å². The molecule has 0 atom stereocenters. The Morgan fingerprint density at radius 3 is 2.78 bits per heavy atom. The molecule has 8 nitrogen and oxygen atoms in total. The third kappa shape index (κ3) is 3.27. The number of fused-ring (bicyclic) bond motifs is 1. The number of aromatic nitrogens is 3. The lowest BCUT2D eigenvalue weighted by molar-refractivity contribution is -0.384. The lowest BCUT2D eigenvalue weighted by Gasteiger charge is -2.11. The molecule has 2 aromatic carbocycles. The van der Waals surface area contributed by atoms with Gasteiger partial charge in [0, 0.05) is 22.6 Å². The van der Waals surface area contributed by atoms with E-state index in [1.807, 2.05) is 17.5 Å². The van der Waals surface area contributed by atoms with E-state index < -0.39 is 4.92 Å². The molecule has 0 saturated carbocycles. The molecule has 0 aliphatic carbocycles. The first kappa shape index (κ1) is 16.9. The molecule has 0 fully saturated rings. The second-order valence-corrected chi connectivity index (χ2v) is 6.55. The third-order valence-corrected chi connectivity index (χ3v) is 4.84. The van der Waals surface area contributed by atoms with Crippen LogP contribution in [0.2, 0.25) is 0 Å². The summed E-state index contributed by atoms with van der Waals surface area (Å²) in [6.07, 6.45) is 0. The van der Waals surface area contributed by atoms with E-state index in [1.165, 1.54) is 29.5 Å². The maximum absolute atomic E-state index is 12.5. The van der Waals surface area contributed by atoms with E-state index >= 15 is 0 Å². The summed E-state index contributed by atoms with van der Waals surface area (Å²) in [7, 11) is 0. The molecule has 4 aromatic rings. The fourth-order valence-corrected chi connectivity index (χ4v) is 3.37. The molecule has 0 unspecified atom stereocenters. The first-order valence-corrected chi connectivity index (χ1v) is 8.79. The van der Waals surface area contributed by atoms with Crippen molar-refractivity contribution >= 4 is 27.9 Å². The van der Waals surface area contributed by atoms with Crippen molar-refractivity contribution < 1.29 is 9.66 Å². The highest BCUT2D eigenvalue weighted by molar-refractivity contribution is 7.13. The van der Waals surface area contributed by atoms with Crippen molar-refractivity contribution in [3.63, 3.8) is 0 Å². The normalized spacial score (nSPS) is 10.8. The lowest BCUT2D eigenvalue weighted by atomic mass is 10.1. The highest BCUT2D eigenvalue weighted by Gasteiger charge is 2.15. The Kier molecular flexibility index (Phi) is 4.35. The molecule has 0 spiro atoms. The second-order valence-electron chi connectivity index (χ2n) is 5.60. The van der Waals surface area contributed by atoms with Crippen LogP contribution < -0.4 is 10.3 Å². The summed E-state index contributed by atoms with van der Waals surface area (Å²) in [5, 5.41) is 21.3. The zero-order valence-corrected chi connectivity index (χ0v) is 14.6. The predicted octanol–water partition coefficient (Wildman–Crippen LogP) is 3.46. The van der Waals surface area contributed by atoms with E-state index in [4.69, 9.17) is 4.74 Å². The summed E-state index contributed by atoms with van der Waals surface area (Å²) in [6, 6.07) is 14.9. The number of nitro groups is 1. The van der Waals surface area contributed by atoms with Gasteiger partial charge in [-0.3, -0.25) is 14.9 Å². The van der Waals surface area contributed by atoms with E-state index in [1.54, 1.807) is 24.3 Å². The van der Waals surface area contributed by atoms with Crippen LogP contribution in [0.15, 0.2) is 64.8 Å². The Balaban J connectivity index is 1.68. The van der Waals surface area contributed by atoms with Crippen LogP contribution in [0.4, 0.5) is 5.69 Å². The molecule has 0 amide bonds. The molecule has 134 valence electrons. The van der Waals surface area contributed by atoms with Crippen molar-refractivity contribution in [1.82, 2.24) is 15.0 Å². The zero-order valence-electron chi connectivity index (χ0n) is 13.8. The Hall–Kier alpha value is -3.59. The molecule has 27 heavy (non-hydrogen) atoms. The predicted molar refractivity (Wildman–Crippen MR) is 101 cm³/mol. The quantitative estimate of drug-likeness (QED) is 0.388. The maximum atomic E-state index is 12.5. The van der Waals surface area contributed by atoms with Gasteiger partial charge in [-0.15, -0.1) is 16.4 Å². The molecule has 9 heteroatoms. The lowest BCUT2D eigenvalue weighted by Crippen LogP contribution is -2.26. The summed E-state index contributed by atoms with van der Waals surface area (Å²) in [6.45, 7) is -0.160. The molecule has 0 aliphatic heterocycles. The summed E-state index contributed by atoms with van der Waals surface area (Å²) in [4.78, 5) is 24.0. The van der Waals surface area contributed by atoms with E-state index in [9.17, 15) is 14.9 Å². The van der Waals surface area contributed by atoms with Crippen molar-refractivity contribution in [3.8, 4) is 16.2 Å². The van der Waals surface area contributed by atoms with Gasteiger partial charge in [-0.25, -0.2) is 0 Å². The topological polar surface area (TPSA) is 100 Å². The minimum atomic E-state index is -0.458. The van der Waals surface area contributed by atoms with Crippen LogP contribution in [0.5, 0.6) is 5.75 Å². The number of nitro benzene ring substituents is 1. The highest BCUT2D eigenvalue weighted by Crippen LogP contribution is 2.36. The van der Waals surface area contributed by atoms with E-state index in [-0.39, 0.29) is 18.0 Å². The Labute approximate surface area is 156 Å². The maximum Gasteiger partial charge on any atom is 0.280 e. The van der Waals surface area contributed by atoms with Crippen LogP contribution >= 0.6 is 11.3 Å². The monoisotopic (exact) mass is 380 g/mol. The van der Waals surface area contributed by atoms with Gasteiger partial charge in [0.05, 0.1) is 10.3 Å². The third-order valence-electron chi connectivity index (χ3n) is 3.93. The van der Waals surface area contributed by atoms with Gasteiger partial charge >= 0.3 is 0 Å². The first-order valence-electron chi connectivity index (χ1n) is 7.91. The Morgan fingerprint density at radius 1 is 1.15 bits per heavy atom. The molecule has 4 rings (SSSR count). The number of hydrogen-bond donors (Lipinski definition) is 0. The molecular weight excluding hydrogens is 368 g/mol. The van der Waals surface area contributed by atoms with E-state index in [0.29, 0.717) is 22.2 Å². The van der Waals surface area contributed by atoms with Gasteiger partial charge in [-0.2, -0.15) is 4.68 Å². The highest BCUT2D eigenvalue weighted by atomic mass is 32.1. The molecule has 2 aromatic heterocycles. The smallest absolute Gasteiger partial charge is 0.280 e. The van der Waals surface area contributed by atoms with E-state index in [0.717, 1.165) is 9.56 Å². The molecule has 2 heterocycles. The summed E-state index contributed by atoms with van der Waals surface area (Å²) < 4.78 is 6.87. The van der Waals surface area contributed by atoms with Crippen molar-refractivity contribution in [3.05, 3.63) is 80.4 Å². The van der Waals surface area contributed by atoms with Crippen molar-refractivity contribution in [2.75, 3.05) is 0 Å². The number of ether oxygens (including phenoxy) is 1. The standard InChI is InChI=1S/C18H12N4O4S/c23-18-13-4-1-2-5-15(13)19-20-21(18)11-26-16-8-7-12(22(24)25)10-14(16)17-6-3-9-27-17/h1-10H,11H2. The number of thiophene rings is 1. The number of rotatable bonds is 5. The molecular formula is C18H12N4O4S. The van der Waals surface area contributed by atoms with Crippen LogP contribution in [-0.2, 0) is 6.73 Å². The molecule has 0 aliphatic rings. The molecule has 0 radical (unpaired) electrons. The molecule has 0 N–H and O–H groups in total.